The van der Waals surface area contributed by atoms with E-state index in [4.69, 9.17) is 10.5 Å². The Morgan fingerprint density at radius 3 is 2.56 bits per heavy atom. The third kappa shape index (κ3) is 2.89. The molecule has 0 aliphatic heterocycles. The number of hydrogen-bond donors (Lipinski definition) is 1. The van der Waals surface area contributed by atoms with Crippen molar-refractivity contribution in [1.82, 2.24) is 14.6 Å². The van der Waals surface area contributed by atoms with E-state index in [0.717, 1.165) is 30.1 Å². The minimum absolute atomic E-state index is 0.0306. The molecule has 0 radical (unpaired) electrons. The molecule has 1 aliphatic rings. The molecule has 1 aliphatic carbocycles. The fourth-order valence-electron chi connectivity index (χ4n) is 3.52. The first kappa shape index (κ1) is 16.1. The minimum Gasteiger partial charge on any atom is -0.484 e. The highest BCUT2D eigenvalue weighted by Crippen LogP contribution is 2.37. The van der Waals surface area contributed by atoms with Crippen molar-refractivity contribution in [2.75, 3.05) is 0 Å². The molecule has 1 aromatic carbocycles. The number of nitrogens with two attached hydrogens (primary N) is 1. The van der Waals surface area contributed by atoms with Gasteiger partial charge in [-0.3, -0.25) is 4.40 Å². The van der Waals surface area contributed by atoms with E-state index >= 15 is 0 Å². The highest BCUT2D eigenvalue weighted by Gasteiger charge is 2.26. The molecule has 2 heterocycles. The molecule has 5 nitrogen and oxygen atoms in total. The van der Waals surface area contributed by atoms with Gasteiger partial charge in [0.2, 0.25) is 0 Å². The molecular formula is C20H24N4O. The Kier molecular flexibility index (Phi) is 3.76. The molecule has 2 N–H and O–H groups in total. The number of aromatic nitrogens is 3. The van der Waals surface area contributed by atoms with Gasteiger partial charge in [-0.2, -0.15) is 0 Å². The topological polar surface area (TPSA) is 65.4 Å². The van der Waals surface area contributed by atoms with Crippen molar-refractivity contribution in [3.05, 3.63) is 59.5 Å². The summed E-state index contributed by atoms with van der Waals surface area (Å²) in [5, 5.41) is 8.60. The number of nitrogens with zero attached hydrogens (tertiary/aromatic N) is 3. The average Bonchev–Trinajstić information content (AvgIpc) is 3.01. The van der Waals surface area contributed by atoms with E-state index < -0.39 is 0 Å². The van der Waals surface area contributed by atoms with Crippen molar-refractivity contribution in [3.63, 3.8) is 0 Å². The fraction of sp³-hybridized carbons (Fsp3) is 0.400. The molecule has 3 aromatic rings. The van der Waals surface area contributed by atoms with Crippen LogP contribution >= 0.6 is 0 Å². The maximum Gasteiger partial charge on any atom is 0.161 e. The van der Waals surface area contributed by atoms with Gasteiger partial charge >= 0.3 is 0 Å². The van der Waals surface area contributed by atoms with Gasteiger partial charge in [-0.25, -0.2) is 0 Å². The smallest absolute Gasteiger partial charge is 0.161 e. The predicted molar refractivity (Wildman–Crippen MR) is 97.7 cm³/mol. The molecule has 0 saturated heterocycles. The third-order valence-electron chi connectivity index (χ3n) is 4.81. The highest BCUT2D eigenvalue weighted by atomic mass is 16.5. The molecule has 0 amide bonds. The van der Waals surface area contributed by atoms with Crippen LogP contribution in [0.1, 0.15) is 62.7 Å². The lowest BCUT2D eigenvalue weighted by Crippen LogP contribution is -2.23. The van der Waals surface area contributed by atoms with Gasteiger partial charge in [-0.15, -0.1) is 10.2 Å². The normalized spacial score (nSPS) is 20.5. The maximum atomic E-state index is 6.34. The summed E-state index contributed by atoms with van der Waals surface area (Å²) < 4.78 is 8.37. The van der Waals surface area contributed by atoms with Crippen LogP contribution in [0.25, 0.3) is 5.65 Å². The van der Waals surface area contributed by atoms with Crippen molar-refractivity contribution < 1.29 is 4.74 Å². The van der Waals surface area contributed by atoms with E-state index in [-0.39, 0.29) is 17.6 Å². The zero-order valence-corrected chi connectivity index (χ0v) is 14.9. The van der Waals surface area contributed by atoms with Crippen molar-refractivity contribution >= 4 is 5.65 Å². The molecule has 5 heteroatoms. The fourth-order valence-corrected chi connectivity index (χ4v) is 3.52. The van der Waals surface area contributed by atoms with Crippen molar-refractivity contribution in [2.45, 2.75) is 51.2 Å². The molecule has 0 bridgehead atoms. The van der Waals surface area contributed by atoms with Gasteiger partial charge in [-0.1, -0.05) is 45.0 Å². The maximum absolute atomic E-state index is 6.34. The number of hydrogen-bond acceptors (Lipinski definition) is 4. The van der Waals surface area contributed by atoms with E-state index in [2.05, 4.69) is 43.1 Å². The van der Waals surface area contributed by atoms with Gasteiger partial charge in [-0.05, 0) is 36.1 Å². The van der Waals surface area contributed by atoms with Crippen LogP contribution in [-0.4, -0.2) is 14.6 Å². The van der Waals surface area contributed by atoms with E-state index in [0.29, 0.717) is 0 Å². The SMILES string of the molecule is CC(C)(C)c1nnc2ccc(OC3CCC(N)c4ccccc43)cn12. The Balaban J connectivity index is 1.69. The summed E-state index contributed by atoms with van der Waals surface area (Å²) in [5.74, 6) is 1.76. The molecule has 2 unspecified atom stereocenters. The Morgan fingerprint density at radius 1 is 1.04 bits per heavy atom. The number of pyridine rings is 1. The second-order valence-corrected chi connectivity index (χ2v) is 7.79. The highest BCUT2D eigenvalue weighted by molar-refractivity contribution is 5.43. The van der Waals surface area contributed by atoms with Crippen LogP contribution in [0.2, 0.25) is 0 Å². The third-order valence-corrected chi connectivity index (χ3v) is 4.81. The van der Waals surface area contributed by atoms with Crippen LogP contribution in [0.4, 0.5) is 0 Å². The molecule has 2 atom stereocenters. The summed E-state index contributed by atoms with van der Waals surface area (Å²) in [6.45, 7) is 6.40. The number of rotatable bonds is 2. The lowest BCUT2D eigenvalue weighted by molar-refractivity contribution is 0.176. The summed E-state index contributed by atoms with van der Waals surface area (Å²) >= 11 is 0. The number of fused-ring (bicyclic) bond motifs is 2. The number of benzene rings is 1. The Bertz CT molecular complexity index is 909. The lowest BCUT2D eigenvalue weighted by atomic mass is 9.86. The summed E-state index contributed by atoms with van der Waals surface area (Å²) in [6.07, 6.45) is 3.88. The summed E-state index contributed by atoms with van der Waals surface area (Å²) in [7, 11) is 0. The van der Waals surface area contributed by atoms with E-state index in [9.17, 15) is 0 Å². The van der Waals surface area contributed by atoms with Crippen LogP contribution in [-0.2, 0) is 5.41 Å². The van der Waals surface area contributed by atoms with Crippen molar-refractivity contribution in [3.8, 4) is 5.75 Å². The summed E-state index contributed by atoms with van der Waals surface area (Å²) in [4.78, 5) is 0. The van der Waals surface area contributed by atoms with E-state index in [1.54, 1.807) is 0 Å². The molecule has 0 saturated carbocycles. The second-order valence-electron chi connectivity index (χ2n) is 7.79. The van der Waals surface area contributed by atoms with Gasteiger partial charge in [0.1, 0.15) is 17.7 Å². The van der Waals surface area contributed by atoms with Crippen molar-refractivity contribution in [2.24, 2.45) is 5.73 Å². The van der Waals surface area contributed by atoms with Crippen LogP contribution in [0.15, 0.2) is 42.6 Å². The standard InChI is InChI=1S/C20H24N4O/c1-20(2,3)19-23-22-18-11-8-13(12-24(18)19)25-17-10-9-16(21)14-6-4-5-7-15(14)17/h4-8,11-12,16-17H,9-10,21H2,1-3H3. The first-order valence-corrected chi connectivity index (χ1v) is 8.80. The molecule has 2 aromatic heterocycles. The Morgan fingerprint density at radius 2 is 1.80 bits per heavy atom. The Hall–Kier alpha value is -2.40. The molecular weight excluding hydrogens is 312 g/mol. The predicted octanol–water partition coefficient (Wildman–Crippen LogP) is 3.94. The van der Waals surface area contributed by atoms with E-state index in [1.807, 2.05) is 34.9 Å². The monoisotopic (exact) mass is 336 g/mol. The molecule has 0 fully saturated rings. The van der Waals surface area contributed by atoms with E-state index in [1.165, 1.54) is 11.1 Å². The van der Waals surface area contributed by atoms with Gasteiger partial charge in [0.15, 0.2) is 5.65 Å². The van der Waals surface area contributed by atoms with Gasteiger partial charge in [0, 0.05) is 11.5 Å². The minimum atomic E-state index is -0.0811. The largest absolute Gasteiger partial charge is 0.484 e. The van der Waals surface area contributed by atoms with Crippen LogP contribution in [0.5, 0.6) is 5.75 Å². The zero-order valence-electron chi connectivity index (χ0n) is 14.9. The second kappa shape index (κ2) is 5.85. The molecule has 4 rings (SSSR count). The lowest BCUT2D eigenvalue weighted by Gasteiger charge is -2.30. The average molecular weight is 336 g/mol. The summed E-state index contributed by atoms with van der Waals surface area (Å²) in [6, 6.07) is 12.3. The number of ether oxygens (including phenoxy) is 1. The van der Waals surface area contributed by atoms with Gasteiger partial charge in [0.25, 0.3) is 0 Å². The van der Waals surface area contributed by atoms with Crippen molar-refractivity contribution in [1.29, 1.82) is 0 Å². The van der Waals surface area contributed by atoms with Crippen LogP contribution < -0.4 is 10.5 Å². The zero-order chi connectivity index (χ0) is 17.6. The summed E-state index contributed by atoms with van der Waals surface area (Å²) in [5.41, 5.74) is 9.40. The molecule has 130 valence electrons. The molecule has 25 heavy (non-hydrogen) atoms. The van der Waals surface area contributed by atoms with Crippen LogP contribution in [0, 0.1) is 0 Å². The first-order valence-electron chi connectivity index (χ1n) is 8.80. The van der Waals surface area contributed by atoms with Gasteiger partial charge < -0.3 is 10.5 Å². The quantitative estimate of drug-likeness (QED) is 0.770. The first-order chi connectivity index (χ1) is 11.9. The van der Waals surface area contributed by atoms with Crippen LogP contribution in [0.3, 0.4) is 0 Å². The Labute approximate surface area is 147 Å². The molecule has 0 spiro atoms. The van der Waals surface area contributed by atoms with Gasteiger partial charge in [0.05, 0.1) is 6.20 Å².